The number of benzene rings is 1. The zero-order valence-electron chi connectivity index (χ0n) is 17.0. The molecule has 1 heterocycles. The summed E-state index contributed by atoms with van der Waals surface area (Å²) in [6, 6.07) is 7.71. The summed E-state index contributed by atoms with van der Waals surface area (Å²) in [5, 5.41) is 2.68. The van der Waals surface area contributed by atoms with E-state index in [0.29, 0.717) is 32.4 Å². The van der Waals surface area contributed by atoms with E-state index in [1.807, 2.05) is 50.2 Å². The van der Waals surface area contributed by atoms with Crippen molar-refractivity contribution in [3.8, 4) is 0 Å². The summed E-state index contributed by atoms with van der Waals surface area (Å²) in [6.45, 7) is 3.01. The van der Waals surface area contributed by atoms with E-state index in [-0.39, 0.29) is 35.9 Å². The SMILES string of the molecule is Cc1ccc(CCC(=O)NCC(=O)N(CCN(C)C)C2CCS(=O)(=O)C2)cc1. The Hall–Kier alpha value is -1.93. The highest BCUT2D eigenvalue weighted by atomic mass is 32.2. The molecule has 1 aromatic rings. The minimum atomic E-state index is -3.08. The molecule has 7 nitrogen and oxygen atoms in total. The van der Waals surface area contributed by atoms with Crippen molar-refractivity contribution < 1.29 is 18.0 Å². The minimum absolute atomic E-state index is 0.00748. The van der Waals surface area contributed by atoms with Crippen LogP contribution in [0, 0.1) is 6.92 Å². The molecule has 1 aliphatic rings. The lowest BCUT2D eigenvalue weighted by Gasteiger charge is -2.29. The number of aryl methyl sites for hydroxylation is 2. The van der Waals surface area contributed by atoms with Crippen molar-refractivity contribution in [3.05, 3.63) is 35.4 Å². The van der Waals surface area contributed by atoms with Gasteiger partial charge in [0.1, 0.15) is 0 Å². The van der Waals surface area contributed by atoms with Crippen molar-refractivity contribution in [2.24, 2.45) is 0 Å². The van der Waals surface area contributed by atoms with Gasteiger partial charge < -0.3 is 15.1 Å². The van der Waals surface area contributed by atoms with E-state index in [2.05, 4.69) is 5.32 Å². The maximum Gasteiger partial charge on any atom is 0.242 e. The normalized spacial score (nSPS) is 18.2. The van der Waals surface area contributed by atoms with Crippen molar-refractivity contribution in [2.75, 3.05) is 45.2 Å². The summed E-state index contributed by atoms with van der Waals surface area (Å²) in [5.41, 5.74) is 2.25. The van der Waals surface area contributed by atoms with Crippen LogP contribution in [-0.4, -0.2) is 81.3 Å². The molecule has 1 fully saturated rings. The Bertz CT molecular complexity index is 775. The Kier molecular flexibility index (Phi) is 8.00. The summed E-state index contributed by atoms with van der Waals surface area (Å²) >= 11 is 0. The average molecular weight is 410 g/mol. The van der Waals surface area contributed by atoms with Gasteiger partial charge in [0.25, 0.3) is 0 Å². The summed E-state index contributed by atoms with van der Waals surface area (Å²) < 4.78 is 23.6. The van der Waals surface area contributed by atoms with E-state index < -0.39 is 9.84 Å². The van der Waals surface area contributed by atoms with Crippen molar-refractivity contribution in [1.82, 2.24) is 15.1 Å². The lowest BCUT2D eigenvalue weighted by molar-refractivity contribution is -0.134. The highest BCUT2D eigenvalue weighted by molar-refractivity contribution is 7.91. The van der Waals surface area contributed by atoms with Gasteiger partial charge in [-0.15, -0.1) is 0 Å². The second-order valence-corrected chi connectivity index (χ2v) is 9.94. The Morgan fingerprint density at radius 2 is 1.82 bits per heavy atom. The predicted octanol–water partition coefficient (Wildman–Crippen LogP) is 0.621. The molecule has 1 aliphatic heterocycles. The molecular formula is C20H31N3O4S. The van der Waals surface area contributed by atoms with Gasteiger partial charge in [-0.2, -0.15) is 0 Å². The molecule has 1 unspecified atom stereocenters. The average Bonchev–Trinajstić information content (AvgIpc) is 2.99. The number of likely N-dealkylation sites (N-methyl/N-ethyl adjacent to an activating group) is 1. The second kappa shape index (κ2) is 10.0. The van der Waals surface area contributed by atoms with E-state index in [1.165, 1.54) is 5.56 Å². The maximum absolute atomic E-state index is 12.7. The fourth-order valence-corrected chi connectivity index (χ4v) is 4.95. The molecule has 0 radical (unpaired) electrons. The largest absolute Gasteiger partial charge is 0.347 e. The van der Waals surface area contributed by atoms with E-state index >= 15 is 0 Å². The number of sulfone groups is 1. The van der Waals surface area contributed by atoms with E-state index in [4.69, 9.17) is 0 Å². The number of hydrogen-bond acceptors (Lipinski definition) is 5. The highest BCUT2D eigenvalue weighted by Crippen LogP contribution is 2.18. The Morgan fingerprint density at radius 3 is 2.39 bits per heavy atom. The Balaban J connectivity index is 1.85. The van der Waals surface area contributed by atoms with Crippen molar-refractivity contribution >= 4 is 21.7 Å². The zero-order valence-corrected chi connectivity index (χ0v) is 17.8. The van der Waals surface area contributed by atoms with Gasteiger partial charge in [0.15, 0.2) is 9.84 Å². The van der Waals surface area contributed by atoms with Crippen LogP contribution in [0.3, 0.4) is 0 Å². The van der Waals surface area contributed by atoms with Gasteiger partial charge in [-0.05, 0) is 39.4 Å². The zero-order chi connectivity index (χ0) is 20.7. The third-order valence-corrected chi connectivity index (χ3v) is 6.71. The van der Waals surface area contributed by atoms with Gasteiger partial charge in [-0.25, -0.2) is 8.42 Å². The maximum atomic E-state index is 12.7. The number of carbonyl (C=O) groups excluding carboxylic acids is 2. The van der Waals surface area contributed by atoms with Crippen LogP contribution in [0.25, 0.3) is 0 Å². The lowest BCUT2D eigenvalue weighted by atomic mass is 10.1. The molecule has 0 saturated carbocycles. The number of nitrogens with one attached hydrogen (secondary N) is 1. The van der Waals surface area contributed by atoms with Crippen LogP contribution in [0.2, 0.25) is 0 Å². The van der Waals surface area contributed by atoms with Crippen molar-refractivity contribution in [2.45, 2.75) is 32.2 Å². The monoisotopic (exact) mass is 409 g/mol. The molecule has 0 spiro atoms. The smallest absolute Gasteiger partial charge is 0.242 e. The van der Waals surface area contributed by atoms with E-state index in [0.717, 1.165) is 5.56 Å². The quantitative estimate of drug-likeness (QED) is 0.646. The molecular weight excluding hydrogens is 378 g/mol. The van der Waals surface area contributed by atoms with Gasteiger partial charge in [-0.3, -0.25) is 9.59 Å². The highest BCUT2D eigenvalue weighted by Gasteiger charge is 2.34. The standard InChI is InChI=1S/C20H31N3O4S/c1-16-4-6-17(7-5-16)8-9-19(24)21-14-20(25)23(12-11-22(2)3)18-10-13-28(26,27)15-18/h4-7,18H,8-15H2,1-3H3,(H,21,24). The molecule has 0 aromatic heterocycles. The number of rotatable bonds is 9. The third kappa shape index (κ3) is 7.24. The van der Waals surface area contributed by atoms with Crippen molar-refractivity contribution in [1.29, 1.82) is 0 Å². The van der Waals surface area contributed by atoms with Gasteiger partial charge in [0.2, 0.25) is 11.8 Å². The second-order valence-electron chi connectivity index (χ2n) is 7.71. The molecule has 0 bridgehead atoms. The van der Waals surface area contributed by atoms with Gasteiger partial charge in [0.05, 0.1) is 18.1 Å². The summed E-state index contributed by atoms with van der Waals surface area (Å²) in [4.78, 5) is 28.3. The molecule has 1 saturated heterocycles. The van der Waals surface area contributed by atoms with Crippen LogP contribution < -0.4 is 5.32 Å². The van der Waals surface area contributed by atoms with E-state index in [1.54, 1.807) is 4.90 Å². The van der Waals surface area contributed by atoms with Crippen LogP contribution in [0.1, 0.15) is 24.0 Å². The van der Waals surface area contributed by atoms with Gasteiger partial charge in [0, 0.05) is 25.6 Å². The first-order chi connectivity index (χ1) is 13.2. The molecule has 2 amide bonds. The molecule has 2 rings (SSSR count). The number of amides is 2. The van der Waals surface area contributed by atoms with Gasteiger partial charge in [-0.1, -0.05) is 29.8 Å². The Labute approximate surface area is 168 Å². The predicted molar refractivity (Wildman–Crippen MR) is 110 cm³/mol. The number of carbonyl (C=O) groups is 2. The molecule has 1 atom stereocenters. The summed E-state index contributed by atoms with van der Waals surface area (Å²) in [6.07, 6.45) is 1.39. The van der Waals surface area contributed by atoms with Gasteiger partial charge >= 0.3 is 0 Å². The van der Waals surface area contributed by atoms with E-state index in [9.17, 15) is 18.0 Å². The fraction of sp³-hybridized carbons (Fsp3) is 0.600. The fourth-order valence-electron chi connectivity index (χ4n) is 3.22. The Morgan fingerprint density at radius 1 is 1.14 bits per heavy atom. The molecule has 156 valence electrons. The minimum Gasteiger partial charge on any atom is -0.347 e. The topological polar surface area (TPSA) is 86.8 Å². The summed E-state index contributed by atoms with van der Waals surface area (Å²) in [5.74, 6) is -0.284. The molecule has 8 heteroatoms. The number of nitrogens with zero attached hydrogens (tertiary/aromatic N) is 2. The molecule has 28 heavy (non-hydrogen) atoms. The molecule has 1 N–H and O–H groups in total. The molecule has 1 aromatic carbocycles. The van der Waals surface area contributed by atoms with Crippen LogP contribution in [-0.2, 0) is 25.8 Å². The van der Waals surface area contributed by atoms with Crippen LogP contribution in [0.15, 0.2) is 24.3 Å². The first-order valence-electron chi connectivity index (χ1n) is 9.63. The van der Waals surface area contributed by atoms with Crippen LogP contribution >= 0.6 is 0 Å². The first kappa shape index (κ1) is 22.4. The third-order valence-electron chi connectivity index (χ3n) is 4.96. The lowest BCUT2D eigenvalue weighted by Crippen LogP contribution is -2.48. The first-order valence-corrected chi connectivity index (χ1v) is 11.5. The molecule has 0 aliphatic carbocycles. The van der Waals surface area contributed by atoms with Crippen molar-refractivity contribution in [3.63, 3.8) is 0 Å². The van der Waals surface area contributed by atoms with Crippen LogP contribution in [0.5, 0.6) is 0 Å². The number of hydrogen-bond donors (Lipinski definition) is 1. The summed E-state index contributed by atoms with van der Waals surface area (Å²) in [7, 11) is 0.726. The van der Waals surface area contributed by atoms with Crippen LogP contribution in [0.4, 0.5) is 0 Å².